The van der Waals surface area contributed by atoms with Crippen LogP contribution in [0, 0.1) is 0 Å². The highest BCUT2D eigenvalue weighted by Gasteiger charge is 2.00. The largest absolute Gasteiger partial charge is 0.401 e. The van der Waals surface area contributed by atoms with Crippen molar-refractivity contribution in [3.05, 3.63) is 34.4 Å². The van der Waals surface area contributed by atoms with Crippen LogP contribution in [0.1, 0.15) is 5.69 Å². The van der Waals surface area contributed by atoms with Gasteiger partial charge >= 0.3 is 5.63 Å². The van der Waals surface area contributed by atoms with Gasteiger partial charge in [-0.25, -0.2) is 14.8 Å². The molecule has 0 amide bonds. The van der Waals surface area contributed by atoms with Gasteiger partial charge in [0.25, 0.3) is 0 Å². The monoisotopic (exact) mass is 178 g/mol. The second-order valence-electron chi connectivity index (χ2n) is 2.46. The third kappa shape index (κ3) is 1.41. The van der Waals surface area contributed by atoms with Crippen LogP contribution in [0.2, 0.25) is 0 Å². The lowest BCUT2D eigenvalue weighted by Crippen LogP contribution is -2.00. The molecule has 13 heavy (non-hydrogen) atoms. The molecule has 0 saturated heterocycles. The van der Waals surface area contributed by atoms with Crippen LogP contribution in [0.15, 0.2) is 27.5 Å². The molecule has 2 aromatic heterocycles. The van der Waals surface area contributed by atoms with Crippen molar-refractivity contribution in [1.82, 2.24) is 9.97 Å². The van der Waals surface area contributed by atoms with E-state index in [0.29, 0.717) is 11.2 Å². The Balaban J connectivity index is 2.75. The first-order valence-corrected chi connectivity index (χ1v) is 3.66. The van der Waals surface area contributed by atoms with Crippen molar-refractivity contribution in [1.29, 1.82) is 0 Å². The highest BCUT2D eigenvalue weighted by atomic mass is 16.4. The van der Waals surface area contributed by atoms with Crippen LogP contribution in [0.4, 0.5) is 0 Å². The predicted molar refractivity (Wildman–Crippen MR) is 44.0 cm³/mol. The standard InChI is InChI=1S/C8H6N2O3/c11-4-5-1-2-6-8(10-5)13-7(12)3-9-6/h1-3,11H,4H2. The molecule has 0 bridgehead atoms. The summed E-state index contributed by atoms with van der Waals surface area (Å²) in [5.74, 6) is 0. The molecular formula is C8H6N2O3. The second-order valence-corrected chi connectivity index (χ2v) is 2.46. The third-order valence-electron chi connectivity index (χ3n) is 1.57. The molecule has 1 N–H and O–H groups in total. The molecule has 0 aliphatic rings. The number of rotatable bonds is 1. The minimum absolute atomic E-state index is 0.152. The van der Waals surface area contributed by atoms with Gasteiger partial charge in [-0.3, -0.25) is 0 Å². The van der Waals surface area contributed by atoms with Gasteiger partial charge in [0.1, 0.15) is 11.7 Å². The molecule has 0 aromatic carbocycles. The molecule has 2 aromatic rings. The zero-order chi connectivity index (χ0) is 9.26. The van der Waals surface area contributed by atoms with Crippen LogP contribution in [0.3, 0.4) is 0 Å². The average Bonchev–Trinajstić information content (AvgIpc) is 2.16. The van der Waals surface area contributed by atoms with Gasteiger partial charge in [0, 0.05) is 0 Å². The van der Waals surface area contributed by atoms with E-state index in [2.05, 4.69) is 9.97 Å². The summed E-state index contributed by atoms with van der Waals surface area (Å²) in [4.78, 5) is 18.4. The number of fused-ring (bicyclic) bond motifs is 1. The Labute approximate surface area is 72.7 Å². The number of hydrogen-bond acceptors (Lipinski definition) is 5. The maximum atomic E-state index is 10.8. The summed E-state index contributed by atoms with van der Waals surface area (Å²) < 4.78 is 4.76. The van der Waals surface area contributed by atoms with Crippen LogP contribution in [-0.4, -0.2) is 15.1 Å². The zero-order valence-electron chi connectivity index (χ0n) is 6.60. The van der Waals surface area contributed by atoms with Gasteiger partial charge in [-0.05, 0) is 12.1 Å². The Morgan fingerprint density at radius 2 is 2.31 bits per heavy atom. The lowest BCUT2D eigenvalue weighted by Gasteiger charge is -1.96. The van der Waals surface area contributed by atoms with Crippen LogP contribution in [0.5, 0.6) is 0 Å². The highest BCUT2D eigenvalue weighted by Crippen LogP contribution is 2.06. The van der Waals surface area contributed by atoms with Crippen molar-refractivity contribution in [3.8, 4) is 0 Å². The van der Waals surface area contributed by atoms with E-state index in [0.717, 1.165) is 6.20 Å². The van der Waals surface area contributed by atoms with Crippen molar-refractivity contribution in [3.63, 3.8) is 0 Å². The summed E-state index contributed by atoms with van der Waals surface area (Å²) in [7, 11) is 0. The van der Waals surface area contributed by atoms with Gasteiger partial charge in [-0.15, -0.1) is 0 Å². The first kappa shape index (κ1) is 7.88. The maximum Gasteiger partial charge on any atom is 0.356 e. The molecule has 0 aliphatic heterocycles. The fourth-order valence-electron chi connectivity index (χ4n) is 0.977. The van der Waals surface area contributed by atoms with E-state index in [1.54, 1.807) is 12.1 Å². The number of aliphatic hydroxyl groups is 1. The molecule has 0 unspecified atom stereocenters. The Morgan fingerprint density at radius 3 is 3.08 bits per heavy atom. The van der Waals surface area contributed by atoms with Gasteiger partial charge in [0.05, 0.1) is 12.3 Å². The van der Waals surface area contributed by atoms with Crippen molar-refractivity contribution < 1.29 is 9.52 Å². The molecule has 5 heteroatoms. The Bertz CT molecular complexity index is 492. The summed E-state index contributed by atoms with van der Waals surface area (Å²) in [6, 6.07) is 3.26. The van der Waals surface area contributed by atoms with E-state index in [1.165, 1.54) is 0 Å². The molecule has 0 atom stereocenters. The average molecular weight is 178 g/mol. The molecule has 2 rings (SSSR count). The Kier molecular flexibility index (Phi) is 1.79. The summed E-state index contributed by atoms with van der Waals surface area (Å²) in [5, 5.41) is 8.76. The summed E-state index contributed by atoms with van der Waals surface area (Å²) >= 11 is 0. The van der Waals surface area contributed by atoms with Gasteiger partial charge in [-0.2, -0.15) is 0 Å². The number of aromatic nitrogens is 2. The van der Waals surface area contributed by atoms with E-state index in [4.69, 9.17) is 9.52 Å². The van der Waals surface area contributed by atoms with Crippen molar-refractivity contribution in [2.24, 2.45) is 0 Å². The van der Waals surface area contributed by atoms with Crippen LogP contribution in [-0.2, 0) is 6.61 Å². The molecule has 0 aliphatic carbocycles. The Hall–Kier alpha value is -1.75. The van der Waals surface area contributed by atoms with Crippen LogP contribution in [0.25, 0.3) is 11.2 Å². The lowest BCUT2D eigenvalue weighted by molar-refractivity contribution is 0.276. The van der Waals surface area contributed by atoms with E-state index >= 15 is 0 Å². The first-order valence-electron chi connectivity index (χ1n) is 3.66. The first-order chi connectivity index (χ1) is 6.29. The zero-order valence-corrected chi connectivity index (χ0v) is 6.60. The molecule has 2 heterocycles. The summed E-state index contributed by atoms with van der Waals surface area (Å²) in [6.07, 6.45) is 1.09. The maximum absolute atomic E-state index is 10.8. The predicted octanol–water partition coefficient (Wildman–Crippen LogP) is 0.0753. The molecule has 66 valence electrons. The second kappa shape index (κ2) is 2.95. The van der Waals surface area contributed by atoms with E-state index in [1.807, 2.05) is 0 Å². The quantitative estimate of drug-likeness (QED) is 0.668. The molecule has 0 saturated carbocycles. The number of nitrogens with zero attached hydrogens (tertiary/aromatic N) is 2. The minimum atomic E-state index is -0.546. The van der Waals surface area contributed by atoms with Crippen LogP contribution < -0.4 is 5.63 Å². The fraction of sp³-hybridized carbons (Fsp3) is 0.125. The van der Waals surface area contributed by atoms with Gasteiger partial charge < -0.3 is 9.52 Å². The number of hydrogen-bond donors (Lipinski definition) is 1. The molecular weight excluding hydrogens is 172 g/mol. The number of pyridine rings is 1. The minimum Gasteiger partial charge on any atom is -0.401 e. The molecule has 5 nitrogen and oxygen atoms in total. The SMILES string of the molecule is O=c1cnc2ccc(CO)nc2o1. The van der Waals surface area contributed by atoms with Crippen molar-refractivity contribution in [2.45, 2.75) is 6.61 Å². The normalized spacial score (nSPS) is 10.5. The topological polar surface area (TPSA) is 76.2 Å². The van der Waals surface area contributed by atoms with Crippen LogP contribution >= 0.6 is 0 Å². The lowest BCUT2D eigenvalue weighted by atomic mass is 10.3. The van der Waals surface area contributed by atoms with Gasteiger partial charge in [-0.1, -0.05) is 0 Å². The highest BCUT2D eigenvalue weighted by molar-refractivity contribution is 5.66. The molecule has 0 spiro atoms. The number of aliphatic hydroxyl groups excluding tert-OH is 1. The van der Waals surface area contributed by atoms with Crippen molar-refractivity contribution >= 4 is 11.2 Å². The molecule has 0 fully saturated rings. The van der Waals surface area contributed by atoms with Gasteiger partial charge in [0.2, 0.25) is 5.71 Å². The third-order valence-corrected chi connectivity index (χ3v) is 1.57. The smallest absolute Gasteiger partial charge is 0.356 e. The molecule has 0 radical (unpaired) electrons. The van der Waals surface area contributed by atoms with E-state index in [9.17, 15) is 4.79 Å². The van der Waals surface area contributed by atoms with E-state index in [-0.39, 0.29) is 12.3 Å². The van der Waals surface area contributed by atoms with E-state index < -0.39 is 5.63 Å². The van der Waals surface area contributed by atoms with Crippen molar-refractivity contribution in [2.75, 3.05) is 0 Å². The summed E-state index contributed by atoms with van der Waals surface area (Å²) in [5.41, 5.74) is 0.551. The summed E-state index contributed by atoms with van der Waals surface area (Å²) in [6.45, 7) is -0.186. The fourth-order valence-corrected chi connectivity index (χ4v) is 0.977. The van der Waals surface area contributed by atoms with Gasteiger partial charge in [0.15, 0.2) is 0 Å². The Morgan fingerprint density at radius 1 is 1.46 bits per heavy atom.